The summed E-state index contributed by atoms with van der Waals surface area (Å²) >= 11 is 0.445. The van der Waals surface area contributed by atoms with Crippen LogP contribution >= 0.6 is 11.8 Å². The van der Waals surface area contributed by atoms with E-state index in [4.69, 9.17) is 0 Å². The summed E-state index contributed by atoms with van der Waals surface area (Å²) in [4.78, 5) is 0.433. The third kappa shape index (κ3) is 3.90. The maximum atomic E-state index is 13.4. The highest BCUT2D eigenvalue weighted by Gasteiger charge is 2.08. The van der Waals surface area contributed by atoms with Gasteiger partial charge in [-0.2, -0.15) is 8.78 Å². The molecule has 20 heavy (non-hydrogen) atoms. The number of rotatable bonds is 5. The van der Waals surface area contributed by atoms with Crippen LogP contribution in [0, 0.1) is 11.6 Å². The van der Waals surface area contributed by atoms with Crippen LogP contribution in [0.15, 0.2) is 47.4 Å². The van der Waals surface area contributed by atoms with Crippen LogP contribution in [0.1, 0.15) is 5.56 Å². The Kier molecular flexibility index (Phi) is 4.89. The molecular formula is C14H11F4NS. The highest BCUT2D eigenvalue weighted by atomic mass is 32.2. The normalized spacial score (nSPS) is 10.8. The zero-order valence-electron chi connectivity index (χ0n) is 10.2. The van der Waals surface area contributed by atoms with E-state index in [0.29, 0.717) is 22.3 Å². The topological polar surface area (TPSA) is 12.0 Å². The number of benzene rings is 2. The van der Waals surface area contributed by atoms with E-state index in [9.17, 15) is 17.6 Å². The van der Waals surface area contributed by atoms with Crippen LogP contribution in [-0.2, 0) is 6.54 Å². The predicted molar refractivity (Wildman–Crippen MR) is 72.0 cm³/mol. The molecule has 0 aromatic heterocycles. The fourth-order valence-electron chi connectivity index (χ4n) is 1.65. The lowest BCUT2D eigenvalue weighted by Gasteiger charge is -2.09. The summed E-state index contributed by atoms with van der Waals surface area (Å²) in [6.45, 7) is -0.0140. The van der Waals surface area contributed by atoms with Gasteiger partial charge in [0.1, 0.15) is 11.6 Å². The molecule has 0 aliphatic heterocycles. The van der Waals surface area contributed by atoms with Crippen molar-refractivity contribution in [2.45, 2.75) is 17.2 Å². The molecule has 0 amide bonds. The van der Waals surface area contributed by atoms with E-state index < -0.39 is 17.4 Å². The number of hydrogen-bond acceptors (Lipinski definition) is 2. The molecule has 1 nitrogen and oxygen atoms in total. The van der Waals surface area contributed by atoms with Gasteiger partial charge in [0.15, 0.2) is 0 Å². The average Bonchev–Trinajstić information content (AvgIpc) is 2.39. The van der Waals surface area contributed by atoms with Crippen molar-refractivity contribution in [1.82, 2.24) is 0 Å². The lowest BCUT2D eigenvalue weighted by molar-refractivity contribution is 0.252. The zero-order valence-corrected chi connectivity index (χ0v) is 11.1. The van der Waals surface area contributed by atoms with Gasteiger partial charge in [-0.3, -0.25) is 0 Å². The molecule has 0 saturated carbocycles. The smallest absolute Gasteiger partial charge is 0.288 e. The van der Waals surface area contributed by atoms with Crippen molar-refractivity contribution in [3.05, 3.63) is 59.7 Å². The lowest BCUT2D eigenvalue weighted by Crippen LogP contribution is -2.04. The number of halogens is 4. The number of anilines is 1. The lowest BCUT2D eigenvalue weighted by atomic mass is 10.2. The van der Waals surface area contributed by atoms with Crippen LogP contribution in [0.4, 0.5) is 23.2 Å². The van der Waals surface area contributed by atoms with Gasteiger partial charge in [-0.15, -0.1) is 0 Å². The van der Waals surface area contributed by atoms with Crippen molar-refractivity contribution in [3.8, 4) is 0 Å². The summed E-state index contributed by atoms with van der Waals surface area (Å²) in [5.74, 6) is -3.72. The van der Waals surface area contributed by atoms with Crippen molar-refractivity contribution in [1.29, 1.82) is 0 Å². The summed E-state index contributed by atoms with van der Waals surface area (Å²) in [6.07, 6.45) is 0. The molecule has 0 heterocycles. The second-order valence-corrected chi connectivity index (χ2v) is 5.02. The van der Waals surface area contributed by atoms with Gasteiger partial charge in [-0.25, -0.2) is 8.78 Å². The first kappa shape index (κ1) is 14.7. The van der Waals surface area contributed by atoms with Crippen LogP contribution in [0.3, 0.4) is 0 Å². The van der Waals surface area contributed by atoms with E-state index in [1.807, 2.05) is 0 Å². The predicted octanol–water partition coefficient (Wildman–Crippen LogP) is 4.89. The third-order valence-electron chi connectivity index (χ3n) is 2.61. The molecule has 0 atom stereocenters. The quantitative estimate of drug-likeness (QED) is 0.623. The Morgan fingerprint density at radius 3 is 2.10 bits per heavy atom. The Morgan fingerprint density at radius 1 is 0.950 bits per heavy atom. The van der Waals surface area contributed by atoms with Crippen LogP contribution in [0.25, 0.3) is 0 Å². The van der Waals surface area contributed by atoms with Gasteiger partial charge in [0.2, 0.25) is 0 Å². The van der Waals surface area contributed by atoms with Crippen LogP contribution < -0.4 is 5.32 Å². The molecule has 2 aromatic carbocycles. The Balaban J connectivity index is 2.00. The van der Waals surface area contributed by atoms with E-state index in [1.165, 1.54) is 30.3 Å². The standard InChI is InChI=1S/C14H11F4NS/c15-12-2-1-3-13(16)11(12)8-19-9-4-6-10(7-5-9)20-14(17)18/h1-7,14,19H,8H2. The molecule has 0 unspecified atom stereocenters. The van der Waals surface area contributed by atoms with Gasteiger partial charge in [0.05, 0.1) is 0 Å². The van der Waals surface area contributed by atoms with E-state index in [0.717, 1.165) is 0 Å². The fraction of sp³-hybridized carbons (Fsp3) is 0.143. The Labute approximate surface area is 118 Å². The molecule has 2 rings (SSSR count). The Morgan fingerprint density at radius 2 is 1.55 bits per heavy atom. The Bertz CT molecular complexity index is 552. The van der Waals surface area contributed by atoms with Crippen LogP contribution in [-0.4, -0.2) is 5.76 Å². The van der Waals surface area contributed by atoms with E-state index >= 15 is 0 Å². The first-order valence-corrected chi connectivity index (χ1v) is 6.66. The number of thioether (sulfide) groups is 1. The molecule has 1 N–H and O–H groups in total. The number of nitrogens with one attached hydrogen (secondary N) is 1. The van der Waals surface area contributed by atoms with Gasteiger partial charge in [0.25, 0.3) is 5.76 Å². The van der Waals surface area contributed by atoms with Crippen molar-refractivity contribution in [2.75, 3.05) is 5.32 Å². The minimum atomic E-state index is -2.47. The SMILES string of the molecule is Fc1cccc(F)c1CNc1ccc(SC(F)F)cc1. The van der Waals surface area contributed by atoms with Gasteiger partial charge >= 0.3 is 0 Å². The van der Waals surface area contributed by atoms with Gasteiger partial charge < -0.3 is 5.32 Å². The molecule has 6 heteroatoms. The molecule has 0 radical (unpaired) electrons. The third-order valence-corrected chi connectivity index (χ3v) is 3.33. The molecule has 0 bridgehead atoms. The van der Waals surface area contributed by atoms with Gasteiger partial charge in [0, 0.05) is 22.7 Å². The van der Waals surface area contributed by atoms with Gasteiger partial charge in [-0.05, 0) is 36.4 Å². The molecule has 0 fully saturated rings. The zero-order chi connectivity index (χ0) is 14.5. The van der Waals surface area contributed by atoms with E-state index in [1.54, 1.807) is 12.1 Å². The van der Waals surface area contributed by atoms with Crippen LogP contribution in [0.5, 0.6) is 0 Å². The summed E-state index contributed by atoms with van der Waals surface area (Å²) in [6, 6.07) is 9.89. The second kappa shape index (κ2) is 6.65. The van der Waals surface area contributed by atoms with Gasteiger partial charge in [-0.1, -0.05) is 17.8 Å². The fourth-order valence-corrected chi connectivity index (χ4v) is 2.14. The minimum Gasteiger partial charge on any atom is -0.381 e. The molecule has 0 aliphatic carbocycles. The molecule has 0 saturated heterocycles. The van der Waals surface area contributed by atoms with Crippen LogP contribution in [0.2, 0.25) is 0 Å². The summed E-state index contributed by atoms with van der Waals surface area (Å²) in [5, 5.41) is 2.85. The number of alkyl halides is 2. The maximum absolute atomic E-state index is 13.4. The highest BCUT2D eigenvalue weighted by molar-refractivity contribution is 7.99. The molecule has 0 spiro atoms. The van der Waals surface area contributed by atoms with E-state index in [2.05, 4.69) is 5.32 Å². The summed E-state index contributed by atoms with van der Waals surface area (Å²) in [5.41, 5.74) is 0.546. The first-order chi connectivity index (χ1) is 9.56. The first-order valence-electron chi connectivity index (χ1n) is 5.78. The molecule has 106 valence electrons. The number of hydrogen-bond donors (Lipinski definition) is 1. The average molecular weight is 301 g/mol. The maximum Gasteiger partial charge on any atom is 0.288 e. The summed E-state index contributed by atoms with van der Waals surface area (Å²) in [7, 11) is 0. The molecule has 2 aromatic rings. The molecule has 0 aliphatic rings. The summed E-state index contributed by atoms with van der Waals surface area (Å²) < 4.78 is 51.1. The highest BCUT2D eigenvalue weighted by Crippen LogP contribution is 2.26. The molecular weight excluding hydrogens is 290 g/mol. The van der Waals surface area contributed by atoms with Crippen molar-refractivity contribution >= 4 is 17.4 Å². The van der Waals surface area contributed by atoms with Crippen molar-refractivity contribution in [3.63, 3.8) is 0 Å². The second-order valence-electron chi connectivity index (χ2n) is 3.96. The van der Waals surface area contributed by atoms with E-state index in [-0.39, 0.29) is 12.1 Å². The minimum absolute atomic E-state index is 0.0140. The Hall–Kier alpha value is -1.69. The van der Waals surface area contributed by atoms with Crippen molar-refractivity contribution < 1.29 is 17.6 Å². The monoisotopic (exact) mass is 301 g/mol. The van der Waals surface area contributed by atoms with Crippen molar-refractivity contribution in [2.24, 2.45) is 0 Å². The largest absolute Gasteiger partial charge is 0.381 e.